The van der Waals surface area contributed by atoms with E-state index in [1.165, 1.54) is 6.07 Å². The molecule has 0 amide bonds. The van der Waals surface area contributed by atoms with E-state index in [-0.39, 0.29) is 11.9 Å². The lowest BCUT2D eigenvalue weighted by molar-refractivity contribution is 0.545. The van der Waals surface area contributed by atoms with Gasteiger partial charge in [0.05, 0.1) is 6.04 Å². The van der Waals surface area contributed by atoms with Crippen molar-refractivity contribution < 1.29 is 4.39 Å². The van der Waals surface area contributed by atoms with Crippen molar-refractivity contribution in [2.45, 2.75) is 33.2 Å². The highest BCUT2D eigenvalue weighted by molar-refractivity contribution is 5.34. The number of nitrogens with one attached hydrogen (secondary N) is 1. The molecule has 0 radical (unpaired) electrons. The summed E-state index contributed by atoms with van der Waals surface area (Å²) in [5.74, 6) is -0.176. The summed E-state index contributed by atoms with van der Waals surface area (Å²) in [4.78, 5) is 4.32. The lowest BCUT2D eigenvalue weighted by Gasteiger charge is -2.20. The first kappa shape index (κ1) is 14.7. The summed E-state index contributed by atoms with van der Waals surface area (Å²) in [6.45, 7) is 6.87. The zero-order chi connectivity index (χ0) is 14.5. The van der Waals surface area contributed by atoms with Gasteiger partial charge in [-0.1, -0.05) is 30.7 Å². The number of nitrogens with zero attached hydrogens (tertiary/aromatic N) is 1. The van der Waals surface area contributed by atoms with Crippen LogP contribution in [0.15, 0.2) is 36.5 Å². The van der Waals surface area contributed by atoms with Gasteiger partial charge < -0.3 is 5.32 Å². The minimum absolute atomic E-state index is 0.150. The minimum atomic E-state index is -0.176. The Labute approximate surface area is 120 Å². The van der Waals surface area contributed by atoms with E-state index in [0.29, 0.717) is 5.56 Å². The van der Waals surface area contributed by atoms with Crippen LogP contribution in [-0.4, -0.2) is 11.5 Å². The van der Waals surface area contributed by atoms with Gasteiger partial charge in [-0.3, -0.25) is 4.98 Å². The number of hydrogen-bond donors (Lipinski definition) is 1. The van der Waals surface area contributed by atoms with E-state index in [1.54, 1.807) is 6.07 Å². The van der Waals surface area contributed by atoms with Crippen molar-refractivity contribution in [2.75, 3.05) is 6.54 Å². The molecule has 0 fully saturated rings. The van der Waals surface area contributed by atoms with E-state index >= 15 is 0 Å². The van der Waals surface area contributed by atoms with Crippen molar-refractivity contribution in [2.24, 2.45) is 0 Å². The second kappa shape index (κ2) is 6.62. The van der Waals surface area contributed by atoms with Crippen LogP contribution in [0.25, 0.3) is 0 Å². The first-order valence-electron chi connectivity index (χ1n) is 7.03. The third-order valence-electron chi connectivity index (χ3n) is 3.33. The highest BCUT2D eigenvalue weighted by Gasteiger charge is 2.17. The monoisotopic (exact) mass is 272 g/mol. The van der Waals surface area contributed by atoms with Gasteiger partial charge in [-0.15, -0.1) is 0 Å². The molecule has 1 heterocycles. The molecule has 2 rings (SSSR count). The van der Waals surface area contributed by atoms with Crippen LogP contribution in [0, 0.1) is 19.7 Å². The van der Waals surface area contributed by atoms with E-state index in [2.05, 4.69) is 17.2 Å². The Morgan fingerprint density at radius 3 is 2.65 bits per heavy atom. The maximum Gasteiger partial charge on any atom is 0.128 e. The second-order valence-electron chi connectivity index (χ2n) is 5.15. The fraction of sp³-hybridized carbons (Fsp3) is 0.353. The molecule has 106 valence electrons. The molecule has 0 aliphatic rings. The van der Waals surface area contributed by atoms with Gasteiger partial charge in [0, 0.05) is 17.5 Å². The summed E-state index contributed by atoms with van der Waals surface area (Å²) in [5, 5.41) is 3.41. The van der Waals surface area contributed by atoms with Gasteiger partial charge in [-0.25, -0.2) is 4.39 Å². The van der Waals surface area contributed by atoms with Crippen molar-refractivity contribution in [1.29, 1.82) is 0 Å². The molecule has 1 aromatic carbocycles. The summed E-state index contributed by atoms with van der Waals surface area (Å²) < 4.78 is 14.2. The molecule has 3 heteroatoms. The SMILES string of the molecule is CCCNC(c1ccc(C)nc1)c1cc(C)ccc1F. The molecule has 2 nitrogen and oxygen atoms in total. The van der Waals surface area contributed by atoms with Gasteiger partial charge in [0.1, 0.15) is 5.82 Å². The van der Waals surface area contributed by atoms with Crippen LogP contribution in [0.2, 0.25) is 0 Å². The molecule has 1 N–H and O–H groups in total. The van der Waals surface area contributed by atoms with E-state index in [0.717, 1.165) is 29.8 Å². The quantitative estimate of drug-likeness (QED) is 0.892. The largest absolute Gasteiger partial charge is 0.306 e. The molecule has 20 heavy (non-hydrogen) atoms. The number of hydrogen-bond acceptors (Lipinski definition) is 2. The van der Waals surface area contributed by atoms with E-state index in [1.807, 2.05) is 38.2 Å². The molecule has 1 unspecified atom stereocenters. The average Bonchev–Trinajstić information content (AvgIpc) is 2.44. The van der Waals surface area contributed by atoms with Crippen LogP contribution in [0.3, 0.4) is 0 Å². The molecule has 0 aliphatic carbocycles. The van der Waals surface area contributed by atoms with Crippen LogP contribution in [0.4, 0.5) is 4.39 Å². The van der Waals surface area contributed by atoms with Crippen LogP contribution < -0.4 is 5.32 Å². The number of pyridine rings is 1. The van der Waals surface area contributed by atoms with E-state index in [9.17, 15) is 4.39 Å². The lowest BCUT2D eigenvalue weighted by atomic mass is 9.97. The fourth-order valence-electron chi connectivity index (χ4n) is 2.23. The molecule has 0 aliphatic heterocycles. The van der Waals surface area contributed by atoms with Gasteiger partial charge >= 0.3 is 0 Å². The van der Waals surface area contributed by atoms with Crippen molar-refractivity contribution >= 4 is 0 Å². The number of aromatic nitrogens is 1. The van der Waals surface area contributed by atoms with Crippen molar-refractivity contribution in [1.82, 2.24) is 10.3 Å². The van der Waals surface area contributed by atoms with Crippen LogP contribution in [0.5, 0.6) is 0 Å². The van der Waals surface area contributed by atoms with Gasteiger partial charge in [-0.05, 0) is 44.5 Å². The van der Waals surface area contributed by atoms with Crippen LogP contribution in [-0.2, 0) is 0 Å². The Hall–Kier alpha value is -1.74. The summed E-state index contributed by atoms with van der Waals surface area (Å²) in [6, 6.07) is 9.06. The highest BCUT2D eigenvalue weighted by Crippen LogP contribution is 2.25. The molecular weight excluding hydrogens is 251 g/mol. The number of halogens is 1. The Balaban J connectivity index is 2.41. The molecule has 2 aromatic rings. The molecule has 0 spiro atoms. The summed E-state index contributed by atoms with van der Waals surface area (Å²) in [6.07, 6.45) is 2.83. The van der Waals surface area contributed by atoms with Gasteiger partial charge in [-0.2, -0.15) is 0 Å². The Morgan fingerprint density at radius 2 is 2.00 bits per heavy atom. The molecule has 0 bridgehead atoms. The smallest absolute Gasteiger partial charge is 0.128 e. The zero-order valence-electron chi connectivity index (χ0n) is 12.3. The first-order valence-corrected chi connectivity index (χ1v) is 7.03. The number of aryl methyl sites for hydroxylation is 2. The fourth-order valence-corrected chi connectivity index (χ4v) is 2.23. The van der Waals surface area contributed by atoms with Gasteiger partial charge in [0.2, 0.25) is 0 Å². The number of benzene rings is 1. The summed E-state index contributed by atoms with van der Waals surface area (Å²) in [7, 11) is 0. The predicted octanol–water partition coefficient (Wildman–Crippen LogP) is 3.93. The standard InChI is InChI=1S/C17H21FN2/c1-4-9-19-17(14-7-6-13(3)20-11-14)15-10-12(2)5-8-16(15)18/h5-8,10-11,17,19H,4,9H2,1-3H3. The van der Waals surface area contributed by atoms with Gasteiger partial charge in [0.15, 0.2) is 0 Å². The van der Waals surface area contributed by atoms with E-state index < -0.39 is 0 Å². The highest BCUT2D eigenvalue weighted by atomic mass is 19.1. The third-order valence-corrected chi connectivity index (χ3v) is 3.33. The van der Waals surface area contributed by atoms with Crippen LogP contribution >= 0.6 is 0 Å². The predicted molar refractivity (Wildman–Crippen MR) is 80.2 cm³/mol. The average molecular weight is 272 g/mol. The van der Waals surface area contributed by atoms with Gasteiger partial charge in [0.25, 0.3) is 0 Å². The third kappa shape index (κ3) is 3.42. The minimum Gasteiger partial charge on any atom is -0.306 e. The summed E-state index contributed by atoms with van der Waals surface area (Å²) in [5.41, 5.74) is 3.70. The molecule has 1 aromatic heterocycles. The molecule has 0 saturated heterocycles. The molecule has 0 saturated carbocycles. The normalized spacial score (nSPS) is 12.4. The van der Waals surface area contributed by atoms with Crippen molar-refractivity contribution in [3.8, 4) is 0 Å². The zero-order valence-corrected chi connectivity index (χ0v) is 12.3. The van der Waals surface area contributed by atoms with E-state index in [4.69, 9.17) is 0 Å². The maximum atomic E-state index is 14.2. The Morgan fingerprint density at radius 1 is 1.20 bits per heavy atom. The summed E-state index contributed by atoms with van der Waals surface area (Å²) >= 11 is 0. The van der Waals surface area contributed by atoms with Crippen LogP contribution in [0.1, 0.15) is 41.8 Å². The maximum absolute atomic E-state index is 14.2. The van der Waals surface area contributed by atoms with Crippen molar-refractivity contribution in [3.63, 3.8) is 0 Å². The molecule has 1 atom stereocenters. The second-order valence-corrected chi connectivity index (χ2v) is 5.15. The molecular formula is C17H21FN2. The van der Waals surface area contributed by atoms with Crippen molar-refractivity contribution in [3.05, 3.63) is 64.7 Å². The Kier molecular flexibility index (Phi) is 4.85. The first-order chi connectivity index (χ1) is 9.61. The lowest BCUT2D eigenvalue weighted by Crippen LogP contribution is -2.24. The number of rotatable bonds is 5. The topological polar surface area (TPSA) is 24.9 Å². The Bertz CT molecular complexity index is 564.